The van der Waals surface area contributed by atoms with Crippen LogP contribution in [0, 0.1) is 12.3 Å². The van der Waals surface area contributed by atoms with Gasteiger partial charge in [0.25, 0.3) is 0 Å². The van der Waals surface area contributed by atoms with Gasteiger partial charge in [0.15, 0.2) is 5.96 Å². The maximum Gasteiger partial charge on any atom is 0.191 e. The summed E-state index contributed by atoms with van der Waals surface area (Å²) in [6, 6.07) is 0. The van der Waals surface area contributed by atoms with E-state index in [1.165, 1.54) is 42.0 Å². The Balaban J connectivity index is 0.00000264. The average Bonchev–Trinajstić information content (AvgIpc) is 3.15. The molecule has 23 heavy (non-hydrogen) atoms. The highest BCUT2D eigenvalue weighted by molar-refractivity contribution is 14.0. The molecule has 0 spiro atoms. The first-order valence-electron chi connectivity index (χ1n) is 8.61. The molecule has 1 heterocycles. The van der Waals surface area contributed by atoms with Gasteiger partial charge < -0.3 is 10.6 Å². The number of aliphatic imine (C=N–C) groups is 1. The minimum absolute atomic E-state index is 0. The number of rotatable bonds is 7. The third kappa shape index (κ3) is 6.57. The van der Waals surface area contributed by atoms with Gasteiger partial charge in [-0.1, -0.05) is 19.8 Å². The van der Waals surface area contributed by atoms with Crippen molar-refractivity contribution in [1.29, 1.82) is 0 Å². The van der Waals surface area contributed by atoms with Crippen LogP contribution >= 0.6 is 35.3 Å². The fourth-order valence-corrected chi connectivity index (χ4v) is 3.93. The minimum atomic E-state index is 0. The second-order valence-corrected chi connectivity index (χ2v) is 7.62. The highest BCUT2D eigenvalue weighted by Crippen LogP contribution is 2.41. The second-order valence-electron chi connectivity index (χ2n) is 6.30. The summed E-state index contributed by atoms with van der Waals surface area (Å²) in [5, 5.41) is 8.01. The molecule has 1 aromatic rings. The molecule has 2 rings (SSSR count). The van der Waals surface area contributed by atoms with E-state index < -0.39 is 0 Å². The van der Waals surface area contributed by atoms with Crippen LogP contribution in [0.15, 0.2) is 11.2 Å². The quantitative estimate of drug-likeness (QED) is 0.373. The molecule has 0 unspecified atom stereocenters. The normalized spacial score (nSPS) is 16.9. The van der Waals surface area contributed by atoms with Crippen molar-refractivity contribution in [3.05, 3.63) is 16.1 Å². The first-order chi connectivity index (χ1) is 10.7. The van der Waals surface area contributed by atoms with Crippen LogP contribution in [0.2, 0.25) is 0 Å². The topological polar surface area (TPSA) is 49.3 Å². The zero-order chi connectivity index (χ0) is 15.8. The fraction of sp³-hybridized carbons (Fsp3) is 0.765. The van der Waals surface area contributed by atoms with Gasteiger partial charge in [-0.05, 0) is 38.5 Å². The summed E-state index contributed by atoms with van der Waals surface area (Å²) in [6.07, 6.45) is 9.57. The van der Waals surface area contributed by atoms with Crippen LogP contribution in [0.1, 0.15) is 55.8 Å². The number of thiazole rings is 1. The standard InChI is InChI=1S/C17H30N4S.HI/c1-4-17(9-6-7-10-17)13-21-16(18-5-2)19-11-8-15-20-12-14(3)22-15;/h12H,4-11,13H2,1-3H3,(H2,18,19,21);1H. The average molecular weight is 450 g/mol. The van der Waals surface area contributed by atoms with Crippen molar-refractivity contribution in [2.24, 2.45) is 10.4 Å². The molecular formula is C17H31IN4S. The van der Waals surface area contributed by atoms with E-state index in [9.17, 15) is 0 Å². The molecule has 1 saturated carbocycles. The molecule has 6 heteroatoms. The Labute approximate surface area is 162 Å². The van der Waals surface area contributed by atoms with Crippen LogP contribution in [-0.2, 0) is 6.42 Å². The van der Waals surface area contributed by atoms with Gasteiger partial charge >= 0.3 is 0 Å². The number of halogens is 1. The molecule has 1 aromatic heterocycles. The largest absolute Gasteiger partial charge is 0.357 e. The van der Waals surface area contributed by atoms with Gasteiger partial charge in [0.05, 0.1) is 5.01 Å². The zero-order valence-corrected chi connectivity index (χ0v) is 17.8. The van der Waals surface area contributed by atoms with Gasteiger partial charge in [-0.15, -0.1) is 35.3 Å². The molecule has 0 aromatic carbocycles. The molecule has 0 radical (unpaired) electrons. The Bertz CT molecular complexity index is 481. The van der Waals surface area contributed by atoms with Crippen molar-refractivity contribution < 1.29 is 0 Å². The van der Waals surface area contributed by atoms with Crippen molar-refractivity contribution in [3.8, 4) is 0 Å². The van der Waals surface area contributed by atoms with Gasteiger partial charge in [-0.2, -0.15) is 0 Å². The Morgan fingerprint density at radius 2 is 2.04 bits per heavy atom. The summed E-state index contributed by atoms with van der Waals surface area (Å²) in [5.74, 6) is 0.954. The van der Waals surface area contributed by atoms with Crippen LogP contribution < -0.4 is 10.6 Å². The van der Waals surface area contributed by atoms with E-state index in [0.717, 1.165) is 32.0 Å². The number of hydrogen-bond acceptors (Lipinski definition) is 3. The Morgan fingerprint density at radius 1 is 1.30 bits per heavy atom. The van der Waals surface area contributed by atoms with Crippen molar-refractivity contribution in [2.75, 3.05) is 19.6 Å². The van der Waals surface area contributed by atoms with Gasteiger partial charge in [-0.3, -0.25) is 4.99 Å². The van der Waals surface area contributed by atoms with E-state index in [1.54, 1.807) is 11.3 Å². The Kier molecular flexibility index (Phi) is 9.43. The summed E-state index contributed by atoms with van der Waals surface area (Å²) in [6.45, 7) is 9.28. The van der Waals surface area contributed by atoms with E-state index in [2.05, 4.69) is 36.4 Å². The van der Waals surface area contributed by atoms with E-state index in [-0.39, 0.29) is 24.0 Å². The lowest BCUT2D eigenvalue weighted by Crippen LogP contribution is -2.39. The first kappa shape index (κ1) is 20.7. The second kappa shape index (κ2) is 10.5. The predicted octanol–water partition coefficient (Wildman–Crippen LogP) is 4.14. The van der Waals surface area contributed by atoms with Gasteiger partial charge in [0, 0.05) is 37.1 Å². The number of nitrogens with zero attached hydrogens (tertiary/aromatic N) is 2. The summed E-state index contributed by atoms with van der Waals surface area (Å²) >= 11 is 1.78. The van der Waals surface area contributed by atoms with E-state index in [0.29, 0.717) is 5.41 Å². The number of aryl methyl sites for hydroxylation is 1. The lowest BCUT2D eigenvalue weighted by Gasteiger charge is -2.25. The maximum absolute atomic E-state index is 4.85. The van der Waals surface area contributed by atoms with E-state index >= 15 is 0 Å². The van der Waals surface area contributed by atoms with Crippen LogP contribution in [0.5, 0.6) is 0 Å². The molecule has 0 aliphatic heterocycles. The fourth-order valence-electron chi connectivity index (χ4n) is 3.14. The van der Waals surface area contributed by atoms with Gasteiger partial charge in [0.1, 0.15) is 0 Å². The molecular weight excluding hydrogens is 419 g/mol. The molecule has 4 nitrogen and oxygen atoms in total. The molecule has 1 aliphatic carbocycles. The van der Waals surface area contributed by atoms with E-state index in [4.69, 9.17) is 4.99 Å². The lowest BCUT2D eigenvalue weighted by molar-refractivity contribution is 0.297. The molecule has 0 amide bonds. The number of guanidine groups is 1. The summed E-state index contributed by atoms with van der Waals surface area (Å²) < 4.78 is 0. The Morgan fingerprint density at radius 3 is 2.61 bits per heavy atom. The van der Waals surface area contributed by atoms with Crippen molar-refractivity contribution >= 4 is 41.3 Å². The molecule has 1 aliphatic rings. The first-order valence-corrected chi connectivity index (χ1v) is 9.42. The van der Waals surface area contributed by atoms with Gasteiger partial charge in [-0.25, -0.2) is 4.98 Å². The summed E-state index contributed by atoms with van der Waals surface area (Å²) in [7, 11) is 0. The molecule has 1 fully saturated rings. The van der Waals surface area contributed by atoms with Crippen molar-refractivity contribution in [1.82, 2.24) is 15.6 Å². The highest BCUT2D eigenvalue weighted by atomic mass is 127. The zero-order valence-electron chi connectivity index (χ0n) is 14.7. The monoisotopic (exact) mass is 450 g/mol. The molecule has 2 N–H and O–H groups in total. The lowest BCUT2D eigenvalue weighted by atomic mass is 9.84. The van der Waals surface area contributed by atoms with Crippen LogP contribution in [-0.4, -0.2) is 30.6 Å². The molecule has 132 valence electrons. The molecule has 0 bridgehead atoms. The van der Waals surface area contributed by atoms with Crippen LogP contribution in [0.4, 0.5) is 0 Å². The van der Waals surface area contributed by atoms with Gasteiger partial charge in [0.2, 0.25) is 0 Å². The Hall–Kier alpha value is -0.370. The minimum Gasteiger partial charge on any atom is -0.357 e. The predicted molar refractivity (Wildman–Crippen MR) is 111 cm³/mol. The SMILES string of the molecule is CCNC(=NCC1(CC)CCCC1)NCCc1ncc(C)s1.I. The van der Waals surface area contributed by atoms with Crippen LogP contribution in [0.3, 0.4) is 0 Å². The highest BCUT2D eigenvalue weighted by Gasteiger charge is 2.31. The number of nitrogens with one attached hydrogen (secondary N) is 2. The summed E-state index contributed by atoms with van der Waals surface area (Å²) in [5.41, 5.74) is 0.453. The maximum atomic E-state index is 4.85. The van der Waals surface area contributed by atoms with E-state index in [1.807, 2.05) is 6.20 Å². The molecule has 0 saturated heterocycles. The third-order valence-corrected chi connectivity index (χ3v) is 5.60. The number of aromatic nitrogens is 1. The smallest absolute Gasteiger partial charge is 0.191 e. The van der Waals surface area contributed by atoms with Crippen LogP contribution in [0.25, 0.3) is 0 Å². The molecule has 0 atom stereocenters. The number of hydrogen-bond donors (Lipinski definition) is 2. The third-order valence-electron chi connectivity index (χ3n) is 4.63. The van der Waals surface area contributed by atoms with Crippen molar-refractivity contribution in [2.45, 2.75) is 59.3 Å². The summed E-state index contributed by atoms with van der Waals surface area (Å²) in [4.78, 5) is 10.5. The van der Waals surface area contributed by atoms with Crippen molar-refractivity contribution in [3.63, 3.8) is 0 Å².